The fraction of sp³-hybridized carbons (Fsp3) is 0.286. The molecule has 30 heavy (non-hydrogen) atoms. The highest BCUT2D eigenvalue weighted by atomic mass is 32.2. The summed E-state index contributed by atoms with van der Waals surface area (Å²) in [6, 6.07) is 11.1. The Balaban J connectivity index is 1.38. The zero-order chi connectivity index (χ0) is 20.9. The predicted molar refractivity (Wildman–Crippen MR) is 113 cm³/mol. The van der Waals surface area contributed by atoms with Crippen LogP contribution in [0.3, 0.4) is 0 Å². The number of amides is 2. The molecule has 2 aromatic heterocycles. The van der Waals surface area contributed by atoms with Crippen molar-refractivity contribution in [3.63, 3.8) is 0 Å². The van der Waals surface area contributed by atoms with E-state index < -0.39 is 0 Å². The van der Waals surface area contributed by atoms with Crippen molar-refractivity contribution in [1.29, 1.82) is 0 Å². The van der Waals surface area contributed by atoms with E-state index in [1.807, 2.05) is 31.2 Å². The van der Waals surface area contributed by atoms with Crippen molar-refractivity contribution in [3.8, 4) is 5.75 Å². The highest BCUT2D eigenvalue weighted by molar-refractivity contribution is 7.98. The molecule has 1 aromatic carbocycles. The minimum Gasteiger partial charge on any atom is -0.484 e. The molecule has 0 radical (unpaired) electrons. The summed E-state index contributed by atoms with van der Waals surface area (Å²) in [5.41, 5.74) is 2.98. The highest BCUT2D eigenvalue weighted by Gasteiger charge is 2.25. The lowest BCUT2D eigenvalue weighted by Crippen LogP contribution is -2.29. The predicted octanol–water partition coefficient (Wildman–Crippen LogP) is 2.87. The lowest BCUT2D eigenvalue weighted by atomic mass is 10.2. The van der Waals surface area contributed by atoms with Crippen molar-refractivity contribution in [2.75, 3.05) is 11.9 Å². The van der Waals surface area contributed by atoms with Gasteiger partial charge in [-0.2, -0.15) is 16.9 Å². The van der Waals surface area contributed by atoms with E-state index in [-0.39, 0.29) is 25.0 Å². The summed E-state index contributed by atoms with van der Waals surface area (Å²) in [4.78, 5) is 24.8. The molecule has 0 atom stereocenters. The number of carbonyl (C=O) groups excluding carboxylic acids is 2. The van der Waals surface area contributed by atoms with E-state index in [0.717, 1.165) is 28.3 Å². The van der Waals surface area contributed by atoms with Crippen molar-refractivity contribution < 1.29 is 18.7 Å². The van der Waals surface area contributed by atoms with E-state index in [1.54, 1.807) is 34.8 Å². The number of aromatic nitrogens is 2. The number of nitrogens with one attached hydrogen (secondary N) is 2. The number of thioether (sulfide) groups is 1. The first-order chi connectivity index (χ1) is 14.6. The minimum atomic E-state index is -0.299. The normalized spacial score (nSPS) is 12.4. The third-order valence-corrected chi connectivity index (χ3v) is 5.57. The van der Waals surface area contributed by atoms with Gasteiger partial charge in [0.1, 0.15) is 23.9 Å². The summed E-state index contributed by atoms with van der Waals surface area (Å²) >= 11 is 1.73. The van der Waals surface area contributed by atoms with Gasteiger partial charge >= 0.3 is 0 Å². The van der Waals surface area contributed by atoms with Gasteiger partial charge in [0.15, 0.2) is 6.61 Å². The van der Waals surface area contributed by atoms with Gasteiger partial charge in [-0.25, -0.2) is 4.68 Å². The number of hydrogen-bond acceptors (Lipinski definition) is 6. The van der Waals surface area contributed by atoms with Crippen LogP contribution in [0.1, 0.15) is 22.6 Å². The Morgan fingerprint density at radius 1 is 1.20 bits per heavy atom. The standard InChI is InChI=1S/C21H22N4O4S/c1-14-4-6-15(7-5-14)29-11-20(27)23-21-17-12-30-13-18(17)24-25(21)10-19(26)22-9-16-3-2-8-28-16/h2-8H,9-13H2,1H3,(H,22,26)(H,23,27). The number of hydrogen-bond donors (Lipinski definition) is 2. The Morgan fingerprint density at radius 3 is 2.80 bits per heavy atom. The van der Waals surface area contributed by atoms with Crippen LogP contribution in [-0.4, -0.2) is 28.2 Å². The maximum atomic E-state index is 12.5. The molecular weight excluding hydrogens is 404 g/mol. The van der Waals surface area contributed by atoms with Gasteiger partial charge in [0, 0.05) is 17.1 Å². The summed E-state index contributed by atoms with van der Waals surface area (Å²) in [6.07, 6.45) is 1.56. The second-order valence-corrected chi connectivity index (χ2v) is 7.92. The van der Waals surface area contributed by atoms with Gasteiger partial charge < -0.3 is 19.8 Å². The SMILES string of the molecule is Cc1ccc(OCC(=O)Nc2c3c(nn2CC(=O)NCc2ccco2)CSC3)cc1. The summed E-state index contributed by atoms with van der Waals surface area (Å²) in [7, 11) is 0. The summed E-state index contributed by atoms with van der Waals surface area (Å²) < 4.78 is 12.3. The van der Waals surface area contributed by atoms with Crippen LogP contribution in [0.25, 0.3) is 0 Å². The van der Waals surface area contributed by atoms with E-state index in [0.29, 0.717) is 23.9 Å². The van der Waals surface area contributed by atoms with Crippen molar-refractivity contribution in [2.45, 2.75) is 31.5 Å². The van der Waals surface area contributed by atoms with Crippen LogP contribution < -0.4 is 15.4 Å². The Labute approximate surface area is 178 Å². The second-order valence-electron chi connectivity index (χ2n) is 6.93. The molecule has 0 saturated heterocycles. The number of carbonyl (C=O) groups is 2. The molecule has 3 heterocycles. The Hall–Kier alpha value is -3.20. The van der Waals surface area contributed by atoms with Gasteiger partial charge in [0.2, 0.25) is 5.91 Å². The molecular formula is C21H22N4O4S. The molecule has 0 spiro atoms. The molecule has 0 fully saturated rings. The highest BCUT2D eigenvalue weighted by Crippen LogP contribution is 2.34. The average Bonchev–Trinajstić information content (AvgIpc) is 3.46. The van der Waals surface area contributed by atoms with E-state index in [9.17, 15) is 9.59 Å². The van der Waals surface area contributed by atoms with Crippen molar-refractivity contribution in [1.82, 2.24) is 15.1 Å². The first kappa shape index (κ1) is 20.1. The van der Waals surface area contributed by atoms with Gasteiger partial charge in [-0.1, -0.05) is 17.7 Å². The molecule has 156 valence electrons. The monoisotopic (exact) mass is 426 g/mol. The number of fused-ring (bicyclic) bond motifs is 1. The number of aryl methyl sites for hydroxylation is 1. The molecule has 0 aliphatic carbocycles. The largest absolute Gasteiger partial charge is 0.484 e. The first-order valence-corrected chi connectivity index (χ1v) is 10.7. The summed E-state index contributed by atoms with van der Waals surface area (Å²) in [6.45, 7) is 2.17. The molecule has 2 N–H and O–H groups in total. The molecule has 3 aromatic rings. The minimum absolute atomic E-state index is 0.00675. The van der Waals surface area contributed by atoms with Gasteiger partial charge in [-0.05, 0) is 31.2 Å². The number of benzene rings is 1. The average molecular weight is 426 g/mol. The zero-order valence-electron chi connectivity index (χ0n) is 16.5. The fourth-order valence-electron chi connectivity index (χ4n) is 3.06. The molecule has 0 unspecified atom stereocenters. The van der Waals surface area contributed by atoms with Crippen LogP contribution in [0.15, 0.2) is 47.1 Å². The van der Waals surface area contributed by atoms with Gasteiger partial charge in [0.25, 0.3) is 5.91 Å². The van der Waals surface area contributed by atoms with Gasteiger partial charge in [-0.15, -0.1) is 0 Å². The lowest BCUT2D eigenvalue weighted by molar-refractivity contribution is -0.122. The van der Waals surface area contributed by atoms with Crippen molar-refractivity contribution in [2.24, 2.45) is 0 Å². The maximum absolute atomic E-state index is 12.5. The maximum Gasteiger partial charge on any atom is 0.263 e. The zero-order valence-corrected chi connectivity index (χ0v) is 17.3. The van der Waals surface area contributed by atoms with Crippen LogP contribution in [0.4, 0.5) is 5.82 Å². The Kier molecular flexibility index (Phi) is 6.08. The molecule has 2 amide bonds. The molecule has 0 saturated carbocycles. The Morgan fingerprint density at radius 2 is 2.03 bits per heavy atom. The van der Waals surface area contributed by atoms with E-state index in [1.165, 1.54) is 0 Å². The molecule has 4 rings (SSSR count). The van der Waals surface area contributed by atoms with E-state index in [2.05, 4.69) is 15.7 Å². The van der Waals surface area contributed by atoms with E-state index >= 15 is 0 Å². The van der Waals surface area contributed by atoms with Crippen LogP contribution >= 0.6 is 11.8 Å². The molecule has 1 aliphatic rings. The number of rotatable bonds is 8. The number of anilines is 1. The quantitative estimate of drug-likeness (QED) is 0.575. The van der Waals surface area contributed by atoms with E-state index in [4.69, 9.17) is 9.15 Å². The molecule has 0 bridgehead atoms. The second kappa shape index (κ2) is 9.08. The van der Waals surface area contributed by atoms with Gasteiger partial charge in [0.05, 0.1) is 18.5 Å². The first-order valence-electron chi connectivity index (χ1n) is 9.53. The molecule has 8 nitrogen and oxygen atoms in total. The van der Waals surface area contributed by atoms with Crippen molar-refractivity contribution >= 4 is 29.4 Å². The summed E-state index contributed by atoms with van der Waals surface area (Å²) in [5.74, 6) is 2.85. The molecule has 9 heteroatoms. The van der Waals surface area contributed by atoms with Crippen LogP contribution in [0, 0.1) is 6.92 Å². The molecule has 1 aliphatic heterocycles. The smallest absolute Gasteiger partial charge is 0.263 e. The van der Waals surface area contributed by atoms with Gasteiger partial charge in [-0.3, -0.25) is 9.59 Å². The van der Waals surface area contributed by atoms with Crippen molar-refractivity contribution in [3.05, 3.63) is 65.2 Å². The summed E-state index contributed by atoms with van der Waals surface area (Å²) in [5, 5.41) is 10.2. The lowest BCUT2D eigenvalue weighted by Gasteiger charge is -2.12. The third-order valence-electron chi connectivity index (χ3n) is 4.60. The number of ether oxygens (including phenoxy) is 1. The third kappa shape index (κ3) is 4.85. The Bertz CT molecular complexity index is 1030. The fourth-order valence-corrected chi connectivity index (χ4v) is 4.10. The van der Waals surface area contributed by atoms with Crippen LogP contribution in [-0.2, 0) is 34.2 Å². The van der Waals surface area contributed by atoms with Crippen LogP contribution in [0.2, 0.25) is 0 Å². The topological polar surface area (TPSA) is 98.4 Å². The number of furan rings is 1. The number of nitrogens with zero attached hydrogens (tertiary/aromatic N) is 2. The van der Waals surface area contributed by atoms with Crippen LogP contribution in [0.5, 0.6) is 5.75 Å².